The van der Waals surface area contributed by atoms with Crippen molar-refractivity contribution in [3.63, 3.8) is 0 Å². The number of carbonyl (C=O) groups is 2. The van der Waals surface area contributed by atoms with E-state index in [9.17, 15) is 19.4 Å². The first kappa shape index (κ1) is 38.9. The number of aromatic nitrogens is 3. The molecule has 1 amide bonds. The maximum atomic E-state index is 12.3. The molecule has 4 N–H and O–H groups in total. The van der Waals surface area contributed by atoms with E-state index in [4.69, 9.17) is 25.0 Å². The first-order valence-corrected chi connectivity index (χ1v) is 18.4. The highest BCUT2D eigenvalue weighted by Gasteiger charge is 2.27. The van der Waals surface area contributed by atoms with Gasteiger partial charge in [-0.2, -0.15) is 0 Å². The third-order valence-electron chi connectivity index (χ3n) is 9.58. The fraction of sp³-hybridized carbons (Fsp3) is 0.474. The Balaban J connectivity index is 1.51. The van der Waals surface area contributed by atoms with Crippen LogP contribution in [0.15, 0.2) is 48.6 Å². The van der Waals surface area contributed by atoms with Crippen molar-refractivity contribution in [3.8, 4) is 5.75 Å². The van der Waals surface area contributed by atoms with Gasteiger partial charge in [-0.3, -0.25) is 9.59 Å². The molecule has 2 heterocycles. The number of nitrogen functional groups attached to an aromatic ring is 1. The summed E-state index contributed by atoms with van der Waals surface area (Å²) in [5, 5.41) is 0.982. The van der Waals surface area contributed by atoms with E-state index < -0.39 is 8.60 Å². The van der Waals surface area contributed by atoms with Crippen LogP contribution in [0.5, 0.6) is 5.75 Å². The molecular formula is C38H52N5O6P. The summed E-state index contributed by atoms with van der Waals surface area (Å²) in [6.07, 6.45) is 8.32. The number of amides is 1. The van der Waals surface area contributed by atoms with Gasteiger partial charge in [0.15, 0.2) is 5.82 Å². The van der Waals surface area contributed by atoms with E-state index in [0.29, 0.717) is 43.1 Å². The molecule has 0 radical (unpaired) electrons. The van der Waals surface area contributed by atoms with Crippen molar-refractivity contribution in [2.45, 2.75) is 97.6 Å². The van der Waals surface area contributed by atoms with Crippen molar-refractivity contribution in [1.29, 1.82) is 0 Å². The largest absolute Gasteiger partial charge is 0.427 e. The van der Waals surface area contributed by atoms with Crippen molar-refractivity contribution in [2.24, 2.45) is 0 Å². The number of benzene rings is 2. The van der Waals surface area contributed by atoms with Gasteiger partial charge in [0.1, 0.15) is 23.4 Å². The Hall–Kier alpha value is -3.89. The van der Waals surface area contributed by atoms with E-state index in [1.807, 2.05) is 32.9 Å². The molecule has 0 bridgehead atoms. The number of rotatable bonds is 18. The average molecular weight is 706 g/mol. The number of ether oxygens (including phenoxy) is 1. The third kappa shape index (κ3) is 9.46. The maximum Gasteiger partial charge on any atom is 0.391 e. The number of imidazole rings is 1. The summed E-state index contributed by atoms with van der Waals surface area (Å²) in [4.78, 5) is 53.0. The van der Waals surface area contributed by atoms with Gasteiger partial charge in [-0.1, -0.05) is 51.5 Å². The number of aryl methyl sites for hydroxylation is 2. The molecule has 0 unspecified atom stereocenters. The topological polar surface area (TPSA) is 153 Å². The van der Waals surface area contributed by atoms with Crippen molar-refractivity contribution in [1.82, 2.24) is 19.4 Å². The predicted octanol–water partition coefficient (Wildman–Crippen LogP) is 6.91. The lowest BCUT2D eigenvalue weighted by Gasteiger charge is -2.35. The molecule has 0 aliphatic rings. The molecule has 0 aliphatic carbocycles. The molecule has 4 aromatic rings. The SMILES string of the molecule is CCCCc1nc2c(N)nc3cc(C(C)(C)CCOCCCC(C)(C)N(C)C(=O)/C=C\C=O)ccc3c2n1Cc1ccc(OP(O)O)c(C)c1. The van der Waals surface area contributed by atoms with E-state index in [-0.39, 0.29) is 16.9 Å². The molecule has 0 saturated carbocycles. The molecule has 4 rings (SSSR count). The van der Waals surface area contributed by atoms with E-state index in [1.54, 1.807) is 18.0 Å². The number of carbonyl (C=O) groups excluding carboxylic acids is 2. The van der Waals surface area contributed by atoms with Crippen LogP contribution in [0.3, 0.4) is 0 Å². The second-order valence-corrected chi connectivity index (χ2v) is 14.8. The summed E-state index contributed by atoms with van der Waals surface area (Å²) in [5.41, 5.74) is 11.5. The van der Waals surface area contributed by atoms with E-state index in [1.165, 1.54) is 12.2 Å². The van der Waals surface area contributed by atoms with Gasteiger partial charge < -0.3 is 34.2 Å². The summed E-state index contributed by atoms with van der Waals surface area (Å²) < 4.78 is 13.5. The normalized spacial score (nSPS) is 12.4. The first-order chi connectivity index (χ1) is 23.7. The first-order valence-electron chi connectivity index (χ1n) is 17.2. The molecule has 2 aromatic heterocycles. The van der Waals surface area contributed by atoms with Crippen LogP contribution in [0.2, 0.25) is 0 Å². The predicted molar refractivity (Wildman–Crippen MR) is 200 cm³/mol. The number of nitrogens with zero attached hydrogens (tertiary/aromatic N) is 4. The smallest absolute Gasteiger partial charge is 0.391 e. The molecule has 270 valence electrons. The summed E-state index contributed by atoms with van der Waals surface area (Å²) in [5.74, 6) is 1.60. The van der Waals surface area contributed by atoms with Gasteiger partial charge >= 0.3 is 8.60 Å². The Kier molecular flexibility index (Phi) is 13.1. The number of unbranched alkanes of at least 4 members (excludes halogenated alkanes) is 1. The van der Waals surface area contributed by atoms with Crippen LogP contribution in [0.4, 0.5) is 5.82 Å². The van der Waals surface area contributed by atoms with Crippen LogP contribution < -0.4 is 10.3 Å². The zero-order valence-corrected chi connectivity index (χ0v) is 31.3. The Morgan fingerprint density at radius 3 is 2.50 bits per heavy atom. The van der Waals surface area contributed by atoms with Gasteiger partial charge in [0.05, 0.1) is 11.0 Å². The molecule has 0 saturated heterocycles. The zero-order valence-electron chi connectivity index (χ0n) is 30.4. The number of likely N-dealkylation sites (N-methyl/N-ethyl adjacent to an activating group) is 1. The van der Waals surface area contributed by atoms with Gasteiger partial charge in [-0.15, -0.1) is 0 Å². The quantitative estimate of drug-likeness (QED) is 0.0434. The highest BCUT2D eigenvalue weighted by atomic mass is 31.2. The molecule has 11 nitrogen and oxygen atoms in total. The Morgan fingerprint density at radius 2 is 1.82 bits per heavy atom. The molecule has 50 heavy (non-hydrogen) atoms. The van der Waals surface area contributed by atoms with Crippen LogP contribution >= 0.6 is 8.60 Å². The van der Waals surface area contributed by atoms with Gasteiger partial charge in [0.2, 0.25) is 5.91 Å². The number of anilines is 1. The van der Waals surface area contributed by atoms with Gasteiger partial charge in [0, 0.05) is 50.2 Å². The molecule has 0 aliphatic heterocycles. The van der Waals surface area contributed by atoms with Crippen molar-refractivity contribution in [3.05, 3.63) is 71.1 Å². The van der Waals surface area contributed by atoms with E-state index in [0.717, 1.165) is 77.5 Å². The monoisotopic (exact) mass is 705 g/mol. The van der Waals surface area contributed by atoms with E-state index >= 15 is 0 Å². The van der Waals surface area contributed by atoms with Gasteiger partial charge in [-0.05, 0) is 86.8 Å². The highest BCUT2D eigenvalue weighted by Crippen LogP contribution is 2.36. The Bertz CT molecular complexity index is 1830. The van der Waals surface area contributed by atoms with Gasteiger partial charge in [0.25, 0.3) is 0 Å². The Labute approximate surface area is 296 Å². The second kappa shape index (κ2) is 16.9. The number of hydrogen-bond acceptors (Lipinski definition) is 9. The van der Waals surface area contributed by atoms with Crippen molar-refractivity contribution in [2.75, 3.05) is 26.0 Å². The molecular weight excluding hydrogens is 653 g/mol. The van der Waals surface area contributed by atoms with Crippen LogP contribution in [0.25, 0.3) is 21.9 Å². The zero-order chi connectivity index (χ0) is 36.6. The summed E-state index contributed by atoms with van der Waals surface area (Å²) >= 11 is 0. The van der Waals surface area contributed by atoms with Gasteiger partial charge in [-0.25, -0.2) is 9.97 Å². The fourth-order valence-corrected chi connectivity index (χ4v) is 6.52. The van der Waals surface area contributed by atoms with Crippen LogP contribution in [-0.4, -0.2) is 67.2 Å². The standard InChI is InChI=1S/C38H52N5O6P/c1-8-9-12-32-41-34-35(43(32)25-27-14-17-31(26(2)23-27)49-50(46)47)29-16-15-28(24-30(29)40-36(34)39)37(3,4)19-22-48-21-11-18-38(5,6)42(7)33(45)13-10-20-44/h10,13-17,20,23-24,46-47H,8-9,11-12,18-19,21-22,25H2,1-7H3,(H2,39,40)/b13-10-. The molecule has 0 atom stereocenters. The number of nitrogens with two attached hydrogens (primary N) is 1. The molecule has 12 heteroatoms. The molecule has 2 aromatic carbocycles. The second-order valence-electron chi connectivity index (χ2n) is 14.1. The average Bonchev–Trinajstić information content (AvgIpc) is 3.43. The lowest BCUT2D eigenvalue weighted by atomic mass is 9.81. The third-order valence-corrected chi connectivity index (χ3v) is 9.94. The van der Waals surface area contributed by atoms with Crippen LogP contribution in [0.1, 0.15) is 89.2 Å². The summed E-state index contributed by atoms with van der Waals surface area (Å²) in [6, 6.07) is 12.1. The minimum atomic E-state index is -2.49. The minimum Gasteiger partial charge on any atom is -0.427 e. The fourth-order valence-electron chi connectivity index (χ4n) is 6.14. The van der Waals surface area contributed by atoms with Crippen molar-refractivity contribution < 1.29 is 28.6 Å². The maximum absolute atomic E-state index is 12.3. The Morgan fingerprint density at radius 1 is 1.06 bits per heavy atom. The minimum absolute atomic E-state index is 0.187. The number of aldehydes is 1. The molecule has 0 spiro atoms. The summed E-state index contributed by atoms with van der Waals surface area (Å²) in [6.45, 7) is 14.2. The number of fused-ring (bicyclic) bond motifs is 3. The van der Waals surface area contributed by atoms with Crippen LogP contribution in [-0.2, 0) is 32.7 Å². The summed E-state index contributed by atoms with van der Waals surface area (Å²) in [7, 11) is -0.742. The molecule has 0 fully saturated rings. The van der Waals surface area contributed by atoms with Crippen molar-refractivity contribution >= 4 is 48.5 Å². The lowest BCUT2D eigenvalue weighted by Crippen LogP contribution is -2.44. The number of pyridine rings is 1. The highest BCUT2D eigenvalue weighted by molar-refractivity contribution is 7.39. The lowest BCUT2D eigenvalue weighted by molar-refractivity contribution is -0.129. The van der Waals surface area contributed by atoms with Crippen LogP contribution in [0, 0.1) is 6.92 Å². The van der Waals surface area contributed by atoms with E-state index in [2.05, 4.69) is 43.5 Å². The number of allylic oxidation sites excluding steroid dienone is 1. The number of hydrogen-bond donors (Lipinski definition) is 3.